The van der Waals surface area contributed by atoms with Gasteiger partial charge in [-0.2, -0.15) is 13.2 Å². The van der Waals surface area contributed by atoms with Crippen LogP contribution in [0.1, 0.15) is 5.56 Å². The van der Waals surface area contributed by atoms with E-state index in [1.807, 2.05) is 16.8 Å². The fraction of sp³-hybridized carbons (Fsp3) is 0.385. The van der Waals surface area contributed by atoms with Crippen LogP contribution < -0.4 is 10.9 Å². The Morgan fingerprint density at radius 2 is 2.00 bits per heavy atom. The van der Waals surface area contributed by atoms with Crippen LogP contribution in [0.25, 0.3) is 0 Å². The second-order valence-electron chi connectivity index (χ2n) is 4.96. The van der Waals surface area contributed by atoms with Gasteiger partial charge in [-0.15, -0.1) is 0 Å². The zero-order valence-corrected chi connectivity index (χ0v) is 13.8. The molecule has 1 aliphatic rings. The Labute approximate surface area is 141 Å². The van der Waals surface area contributed by atoms with Crippen molar-refractivity contribution >= 4 is 39.9 Å². The second-order valence-corrected chi connectivity index (χ2v) is 6.53. The van der Waals surface area contributed by atoms with Crippen LogP contribution in [0.2, 0.25) is 0 Å². The number of amides is 1. The van der Waals surface area contributed by atoms with E-state index in [9.17, 15) is 18.0 Å². The fourth-order valence-corrected chi connectivity index (χ4v) is 2.84. The third kappa shape index (κ3) is 5.26. The second kappa shape index (κ2) is 7.37. The fourth-order valence-electron chi connectivity index (χ4n) is 1.88. The summed E-state index contributed by atoms with van der Waals surface area (Å²) < 4.78 is 38.1. The molecular formula is C13H15F3N4OS2. The number of thioether (sulfide) groups is 1. The summed E-state index contributed by atoms with van der Waals surface area (Å²) in [6.07, 6.45) is -4.37. The SMILES string of the molecule is CN1CN(CC(=O)NNc2ccc(C(F)(F)F)cc2)CSC1=S. The van der Waals surface area contributed by atoms with Crippen molar-refractivity contribution in [3.63, 3.8) is 0 Å². The van der Waals surface area contributed by atoms with Gasteiger partial charge in [-0.05, 0) is 24.3 Å². The summed E-state index contributed by atoms with van der Waals surface area (Å²) in [5.74, 6) is 0.336. The third-order valence-electron chi connectivity index (χ3n) is 3.02. The Morgan fingerprint density at radius 1 is 1.35 bits per heavy atom. The number of hydrogen-bond acceptors (Lipinski definition) is 5. The minimum Gasteiger partial charge on any atom is -0.348 e. The molecule has 2 rings (SSSR count). The highest BCUT2D eigenvalue weighted by Gasteiger charge is 2.29. The first-order valence-electron chi connectivity index (χ1n) is 6.58. The Hall–Kier alpha value is -1.52. The van der Waals surface area contributed by atoms with Gasteiger partial charge in [0.05, 0.1) is 30.3 Å². The number of benzene rings is 1. The summed E-state index contributed by atoms with van der Waals surface area (Å²) in [6.45, 7) is 0.715. The normalized spacial score (nSPS) is 16.3. The lowest BCUT2D eigenvalue weighted by atomic mass is 10.2. The lowest BCUT2D eigenvalue weighted by molar-refractivity contribution is -0.137. The molecule has 2 N–H and O–H groups in total. The number of alkyl halides is 3. The van der Waals surface area contributed by atoms with Crippen molar-refractivity contribution in [2.24, 2.45) is 0 Å². The summed E-state index contributed by atoms with van der Waals surface area (Å²) in [4.78, 5) is 15.6. The molecule has 126 valence electrons. The van der Waals surface area contributed by atoms with Gasteiger partial charge in [-0.3, -0.25) is 20.5 Å². The Balaban J connectivity index is 1.79. The van der Waals surface area contributed by atoms with Crippen molar-refractivity contribution in [1.29, 1.82) is 0 Å². The van der Waals surface area contributed by atoms with E-state index in [1.165, 1.54) is 23.9 Å². The minimum absolute atomic E-state index is 0.160. The molecule has 1 saturated heterocycles. The summed E-state index contributed by atoms with van der Waals surface area (Å²) >= 11 is 6.59. The Morgan fingerprint density at radius 3 is 2.57 bits per heavy atom. The molecule has 0 atom stereocenters. The number of hydrogen-bond donors (Lipinski definition) is 2. The van der Waals surface area contributed by atoms with Crippen molar-refractivity contribution in [1.82, 2.24) is 15.2 Å². The van der Waals surface area contributed by atoms with E-state index < -0.39 is 11.7 Å². The average molecular weight is 364 g/mol. The summed E-state index contributed by atoms with van der Waals surface area (Å²) in [6, 6.07) is 4.41. The maximum atomic E-state index is 12.4. The topological polar surface area (TPSA) is 47.6 Å². The van der Waals surface area contributed by atoms with Gasteiger partial charge < -0.3 is 4.90 Å². The highest BCUT2D eigenvalue weighted by Crippen LogP contribution is 2.29. The van der Waals surface area contributed by atoms with E-state index in [0.29, 0.717) is 18.2 Å². The van der Waals surface area contributed by atoms with E-state index in [0.717, 1.165) is 16.5 Å². The first kappa shape index (κ1) is 17.8. The van der Waals surface area contributed by atoms with Crippen LogP contribution in [0, 0.1) is 0 Å². The molecular weight excluding hydrogens is 349 g/mol. The van der Waals surface area contributed by atoms with E-state index in [-0.39, 0.29) is 12.5 Å². The number of carbonyl (C=O) groups is 1. The number of nitrogens with zero attached hydrogens (tertiary/aromatic N) is 2. The molecule has 5 nitrogen and oxygen atoms in total. The van der Waals surface area contributed by atoms with Crippen LogP contribution in [0.5, 0.6) is 0 Å². The molecule has 1 fully saturated rings. The van der Waals surface area contributed by atoms with Gasteiger partial charge in [-0.25, -0.2) is 0 Å². The Bertz CT molecular complexity index is 580. The largest absolute Gasteiger partial charge is 0.416 e. The molecule has 23 heavy (non-hydrogen) atoms. The predicted molar refractivity (Wildman–Crippen MR) is 87.6 cm³/mol. The van der Waals surface area contributed by atoms with E-state index in [4.69, 9.17) is 12.2 Å². The van der Waals surface area contributed by atoms with E-state index >= 15 is 0 Å². The summed E-state index contributed by atoms with van der Waals surface area (Å²) in [5, 5.41) is 0. The number of carbonyl (C=O) groups excluding carboxylic acids is 1. The quantitative estimate of drug-likeness (QED) is 0.632. The lowest BCUT2D eigenvalue weighted by Crippen LogP contribution is -2.47. The van der Waals surface area contributed by atoms with Crippen LogP contribution in [-0.2, 0) is 11.0 Å². The molecule has 1 aromatic rings. The molecule has 0 saturated carbocycles. The molecule has 10 heteroatoms. The van der Waals surface area contributed by atoms with Crippen molar-refractivity contribution in [2.75, 3.05) is 31.6 Å². The van der Waals surface area contributed by atoms with Crippen LogP contribution in [0.15, 0.2) is 24.3 Å². The molecule has 1 aliphatic heterocycles. The number of hydrazine groups is 1. The predicted octanol–water partition coefficient (Wildman–Crippen LogP) is 2.33. The van der Waals surface area contributed by atoms with Gasteiger partial charge in [0, 0.05) is 7.05 Å². The van der Waals surface area contributed by atoms with Gasteiger partial charge in [0.2, 0.25) is 0 Å². The summed E-state index contributed by atoms with van der Waals surface area (Å²) in [7, 11) is 1.85. The van der Waals surface area contributed by atoms with Crippen LogP contribution >= 0.6 is 24.0 Å². The van der Waals surface area contributed by atoms with Crippen molar-refractivity contribution in [3.8, 4) is 0 Å². The summed E-state index contributed by atoms with van der Waals surface area (Å²) in [5.41, 5.74) is 4.69. The average Bonchev–Trinajstić information content (AvgIpc) is 2.48. The standard InChI is InChI=1S/C13H15F3N4OS2/c1-19-7-20(8-23-12(19)22)6-11(21)18-17-10-4-2-9(3-5-10)13(14,15)16/h2-5,17H,6-8H2,1H3,(H,18,21). The first-order valence-corrected chi connectivity index (χ1v) is 7.97. The zero-order chi connectivity index (χ0) is 17.0. The maximum absolute atomic E-state index is 12.4. The molecule has 1 aromatic carbocycles. The highest BCUT2D eigenvalue weighted by molar-refractivity contribution is 8.22. The smallest absolute Gasteiger partial charge is 0.348 e. The van der Waals surface area contributed by atoms with Gasteiger partial charge in [-0.1, -0.05) is 24.0 Å². The zero-order valence-electron chi connectivity index (χ0n) is 12.2. The molecule has 0 aromatic heterocycles. The number of rotatable bonds is 4. The minimum atomic E-state index is -4.37. The van der Waals surface area contributed by atoms with Gasteiger partial charge >= 0.3 is 6.18 Å². The molecule has 0 spiro atoms. The monoisotopic (exact) mass is 364 g/mol. The number of anilines is 1. The van der Waals surface area contributed by atoms with Gasteiger partial charge in [0.25, 0.3) is 5.91 Å². The number of nitrogens with one attached hydrogen (secondary N) is 2. The van der Waals surface area contributed by atoms with Crippen LogP contribution in [-0.4, -0.2) is 46.2 Å². The molecule has 0 bridgehead atoms. The number of thiocarbonyl (C=S) groups is 1. The van der Waals surface area contributed by atoms with E-state index in [1.54, 1.807) is 0 Å². The van der Waals surface area contributed by atoms with Crippen molar-refractivity contribution in [2.45, 2.75) is 6.18 Å². The van der Waals surface area contributed by atoms with Gasteiger partial charge in [0.15, 0.2) is 0 Å². The van der Waals surface area contributed by atoms with E-state index in [2.05, 4.69) is 10.9 Å². The lowest BCUT2D eigenvalue weighted by Gasteiger charge is -2.33. The van der Waals surface area contributed by atoms with Crippen molar-refractivity contribution in [3.05, 3.63) is 29.8 Å². The van der Waals surface area contributed by atoms with Gasteiger partial charge in [0.1, 0.15) is 4.32 Å². The Kier molecular flexibility index (Phi) is 5.71. The molecule has 0 aliphatic carbocycles. The molecule has 1 amide bonds. The first-order chi connectivity index (χ1) is 10.8. The number of halogens is 3. The third-order valence-corrected chi connectivity index (χ3v) is 4.74. The molecule has 0 unspecified atom stereocenters. The molecule has 0 radical (unpaired) electrons. The van der Waals surface area contributed by atoms with Crippen LogP contribution in [0.3, 0.4) is 0 Å². The van der Waals surface area contributed by atoms with Crippen molar-refractivity contribution < 1.29 is 18.0 Å². The highest BCUT2D eigenvalue weighted by atomic mass is 32.2. The maximum Gasteiger partial charge on any atom is 0.416 e. The molecule has 1 heterocycles. The van der Waals surface area contributed by atoms with Crippen LogP contribution in [0.4, 0.5) is 18.9 Å².